The van der Waals surface area contributed by atoms with E-state index in [-0.39, 0.29) is 103 Å². The lowest BCUT2D eigenvalue weighted by Crippen LogP contribution is -2.51. The summed E-state index contributed by atoms with van der Waals surface area (Å²) in [6.07, 6.45) is 24.6. The fourth-order valence-electron chi connectivity index (χ4n) is 13.0. The number of nitrogens with zero attached hydrogens (tertiary/aromatic N) is 4. The average Bonchev–Trinajstić information content (AvgIpc) is 1.22. The Morgan fingerprint density at radius 1 is 0.355 bits per heavy atom. The van der Waals surface area contributed by atoms with Gasteiger partial charge in [0.2, 0.25) is 5.88 Å². The number of benzene rings is 1. The van der Waals surface area contributed by atoms with Crippen molar-refractivity contribution in [2.45, 2.75) is 275 Å². The van der Waals surface area contributed by atoms with Crippen LogP contribution in [0.2, 0.25) is 0 Å². The predicted octanol–water partition coefficient (Wildman–Crippen LogP) is 11.3. The van der Waals surface area contributed by atoms with Gasteiger partial charge in [0, 0.05) is 185 Å². The molecule has 18 amide bonds. The maximum Gasteiger partial charge on any atom is 0.315 e. The molecule has 6 aliphatic rings. The van der Waals surface area contributed by atoms with Gasteiger partial charge in [-0.3, -0.25) is 0 Å². The van der Waals surface area contributed by atoms with Crippen LogP contribution in [0, 0.1) is 35.5 Å². The molecule has 0 spiro atoms. The number of amides is 18. The van der Waals surface area contributed by atoms with Crippen molar-refractivity contribution >= 4 is 54.3 Å². The van der Waals surface area contributed by atoms with E-state index in [1.807, 2.05) is 171 Å². The van der Waals surface area contributed by atoms with E-state index >= 15 is 0 Å². The van der Waals surface area contributed by atoms with Crippen molar-refractivity contribution in [3.05, 3.63) is 77.7 Å². The number of carbonyl (C=O) groups excluding carboxylic acids is 9. The molecule has 124 heavy (non-hydrogen) atoms. The average molecular weight is 1750 g/mol. The molecule has 18 N–H and O–H groups in total. The second-order valence-corrected chi connectivity index (χ2v) is 35.2. The van der Waals surface area contributed by atoms with Gasteiger partial charge in [-0.05, 0) is 254 Å². The second kappa shape index (κ2) is 67.9. The summed E-state index contributed by atoms with van der Waals surface area (Å²) in [6, 6.07) is 14.0. The molecule has 3 aromatic rings. The third-order valence-electron chi connectivity index (χ3n) is 19.7. The number of pyridine rings is 1. The molecule has 9 rings (SSSR count). The Bertz CT molecular complexity index is 3240. The molecule has 2 aromatic heterocycles. The molecule has 34 nitrogen and oxygen atoms in total. The third kappa shape index (κ3) is 63.5. The second-order valence-electron chi connectivity index (χ2n) is 35.2. The van der Waals surface area contributed by atoms with Gasteiger partial charge in [-0.1, -0.05) is 56.7 Å². The van der Waals surface area contributed by atoms with Crippen LogP contribution in [-0.2, 0) is 31.4 Å². The Labute approximate surface area is 744 Å². The molecule has 710 valence electrons. The zero-order valence-electron chi connectivity index (χ0n) is 79.8. The predicted molar refractivity (Wildman–Crippen MR) is 498 cm³/mol. The van der Waals surface area contributed by atoms with E-state index < -0.39 is 0 Å². The molecular weight excluding hydrogens is 1580 g/mol. The number of carbonyl (C=O) groups is 9. The molecule has 3 aliphatic heterocycles. The fraction of sp³-hybridized carbons (Fsp3) is 0.733. The van der Waals surface area contributed by atoms with Gasteiger partial charge in [0.15, 0.2) is 0 Å². The van der Waals surface area contributed by atoms with E-state index in [0.29, 0.717) is 49.2 Å². The lowest BCUT2D eigenvalue weighted by atomic mass is 9.85. The summed E-state index contributed by atoms with van der Waals surface area (Å²) in [6.45, 7) is 43.8. The van der Waals surface area contributed by atoms with Gasteiger partial charge in [0.1, 0.15) is 5.75 Å². The fourth-order valence-corrected chi connectivity index (χ4v) is 13.0. The highest BCUT2D eigenvalue weighted by Crippen LogP contribution is 2.26. The minimum absolute atomic E-state index is 0.0226. The molecule has 34 heteroatoms. The van der Waals surface area contributed by atoms with Gasteiger partial charge in [0.25, 0.3) is 0 Å². The Hall–Kier alpha value is -9.44. The van der Waals surface area contributed by atoms with Crippen molar-refractivity contribution < 1.29 is 57.4 Å². The van der Waals surface area contributed by atoms with Crippen molar-refractivity contribution in [3.63, 3.8) is 0 Å². The number of rotatable bonds is 28. The van der Waals surface area contributed by atoms with E-state index in [9.17, 15) is 43.2 Å². The van der Waals surface area contributed by atoms with Gasteiger partial charge in [-0.25, -0.2) is 48.1 Å². The summed E-state index contributed by atoms with van der Waals surface area (Å²) in [5.74, 6) is 5.40. The van der Waals surface area contributed by atoms with Gasteiger partial charge in [-0.15, -0.1) is 0 Å². The van der Waals surface area contributed by atoms with E-state index in [1.54, 1.807) is 33.5 Å². The number of urea groups is 9. The van der Waals surface area contributed by atoms with Crippen LogP contribution < -0.4 is 105 Å². The van der Waals surface area contributed by atoms with Crippen LogP contribution in [0.15, 0.2) is 61.1 Å². The molecule has 5 heterocycles. The molecule has 3 saturated heterocycles. The van der Waals surface area contributed by atoms with Crippen molar-refractivity contribution in [1.29, 1.82) is 0 Å². The monoisotopic (exact) mass is 1750 g/mol. The summed E-state index contributed by atoms with van der Waals surface area (Å²) in [5, 5.41) is 50.4. The molecular formula is C90H168N22O12. The largest absolute Gasteiger partial charge is 0.497 e. The molecule has 0 bridgehead atoms. The number of hydrogen-bond donors (Lipinski definition) is 18. The van der Waals surface area contributed by atoms with E-state index in [2.05, 4.69) is 125 Å². The summed E-state index contributed by atoms with van der Waals surface area (Å²) < 4.78 is 17.2. The Kier molecular flexibility index (Phi) is 61.6. The van der Waals surface area contributed by atoms with Crippen LogP contribution in [0.1, 0.15) is 224 Å². The van der Waals surface area contributed by atoms with Crippen LogP contribution >= 0.6 is 0 Å². The maximum atomic E-state index is 11.3. The molecule has 1 unspecified atom stereocenters. The standard InChI is InChI=1S/C11H17N3O2.C11H22N2O.C10H21N3O.C10H17N3O.C10H14N2O2.C10H20N2O2.C10H20N2O.C9H19N3O.C9H18N2O/c1-8(2)14-11(15)13-7-9-4-5-10(16-3)12-6-9;1-9(2)13-11(14)12-8-10-6-4-3-5-7-10;2*1-8(2)12-10(14)11-6-9-4-5-13(3)7-9;1-11-10(13)12-7-8-3-5-9(14-2)6-4-8;1-8(2)12-10(13)11-7-9-3-5-14-6-4-9;1-8(2)12-10(13)11-7-9-5-3-4-6-9;1-7(2)11-9(13)10-4-8-5-12(3)6-8;1-7(2)11-9(12)10-6-8-4-3-5-8/h4-6,8H,7H2,1-3H3,(H2,13,14,15);9-10H,3-8H2,1-2H3,(H2,12,13,14);8-9H,4-7H2,1-3H3,(H2,11,12,14);4-5,7-8H,6H2,1-3H3,(H2,11,12,14);3-6H,7H2,1-2H3,(H2,11,12,13);8-9H,3-7H2,1-2H3,(H2,11,12,13);8-9H,3-7H2,1-2H3,(H2,11,12,13);7-8H,4-6H2,1-3H3,(H2,10,11,13);7-8H,3-6H2,1-2H3,(H2,10,11,12). The number of aryl methyl sites for hydroxylation is 1. The first-order valence-electron chi connectivity index (χ1n) is 45.3. The third-order valence-corrected chi connectivity index (χ3v) is 19.7. The number of likely N-dealkylation sites (tertiary alicyclic amines) is 2. The van der Waals surface area contributed by atoms with Crippen molar-refractivity contribution in [1.82, 2.24) is 115 Å². The minimum atomic E-state index is -0.180. The SMILES string of the molecule is CC(C)NC(=O)NCC1CCC1.CC(C)NC(=O)NCC1CCCC1.CC(C)NC(=O)NCC1CCCCC1.CC(C)NC(=O)NCC1CCN(C)C1.CC(C)NC(=O)NCC1CCOCC1.CC(C)NC(=O)NCC1CN(C)C1.CC(C)NC(=O)NCc1ccn(C)c1.CNC(=O)NCc1ccc(OC)cc1.COc1ccc(CNC(=O)NC(C)C)cn1. The summed E-state index contributed by atoms with van der Waals surface area (Å²) >= 11 is 0. The number of methoxy groups -OCH3 is 2. The number of aromatic nitrogens is 2. The topological polar surface area (TPSA) is 422 Å². The van der Waals surface area contributed by atoms with Crippen molar-refractivity contribution in [3.8, 4) is 11.6 Å². The first kappa shape index (κ1) is 113. The Balaban J connectivity index is 0.000000698. The highest BCUT2D eigenvalue weighted by Gasteiger charge is 2.25. The first-order valence-corrected chi connectivity index (χ1v) is 45.3. The molecule has 3 saturated carbocycles. The quantitative estimate of drug-likeness (QED) is 0.0321. The normalized spacial score (nSPS) is 15.6. The molecule has 1 atom stereocenters. The zero-order chi connectivity index (χ0) is 92.7. The Morgan fingerprint density at radius 3 is 0.984 bits per heavy atom. The number of ether oxygens (including phenoxy) is 3. The highest BCUT2D eigenvalue weighted by atomic mass is 16.5. The number of nitrogens with one attached hydrogen (secondary N) is 18. The van der Waals surface area contributed by atoms with Crippen molar-refractivity contribution in [2.24, 2.45) is 42.6 Å². The lowest BCUT2D eigenvalue weighted by Gasteiger charge is -2.36. The zero-order valence-corrected chi connectivity index (χ0v) is 79.8. The van der Waals surface area contributed by atoms with E-state index in [1.165, 1.54) is 83.5 Å². The molecule has 6 fully saturated rings. The molecule has 0 radical (unpaired) electrons. The van der Waals surface area contributed by atoms with Crippen molar-refractivity contribution in [2.75, 3.05) is 114 Å². The van der Waals surface area contributed by atoms with Gasteiger partial charge in [-0.2, -0.15) is 0 Å². The summed E-state index contributed by atoms with van der Waals surface area (Å²) in [4.78, 5) is 109. The van der Waals surface area contributed by atoms with E-state index in [4.69, 9.17) is 14.2 Å². The maximum absolute atomic E-state index is 11.3. The van der Waals surface area contributed by atoms with Crippen LogP contribution in [0.3, 0.4) is 0 Å². The van der Waals surface area contributed by atoms with Gasteiger partial charge < -0.3 is 124 Å². The van der Waals surface area contributed by atoms with Crippen LogP contribution in [0.4, 0.5) is 43.2 Å². The minimum Gasteiger partial charge on any atom is -0.497 e. The first-order chi connectivity index (χ1) is 58.8. The smallest absolute Gasteiger partial charge is 0.315 e. The molecule has 1 aromatic carbocycles. The Morgan fingerprint density at radius 2 is 0.677 bits per heavy atom. The highest BCUT2D eigenvalue weighted by molar-refractivity contribution is 5.77. The molecule has 3 aliphatic carbocycles. The summed E-state index contributed by atoms with van der Waals surface area (Å²) in [7, 11) is 10.9. The number of hydrogen-bond acceptors (Lipinski definition) is 15. The van der Waals surface area contributed by atoms with Gasteiger partial charge in [0.05, 0.1) is 14.2 Å². The van der Waals surface area contributed by atoms with E-state index in [0.717, 1.165) is 126 Å². The van der Waals surface area contributed by atoms with Crippen LogP contribution in [0.25, 0.3) is 0 Å². The lowest BCUT2D eigenvalue weighted by molar-refractivity contribution is 0.0669. The van der Waals surface area contributed by atoms with Crippen LogP contribution in [-0.4, -0.2) is 236 Å². The van der Waals surface area contributed by atoms with Crippen LogP contribution in [0.5, 0.6) is 11.6 Å². The summed E-state index contributed by atoms with van der Waals surface area (Å²) in [5.41, 5.74) is 3.07. The van der Waals surface area contributed by atoms with Gasteiger partial charge >= 0.3 is 54.3 Å².